The summed E-state index contributed by atoms with van der Waals surface area (Å²) >= 11 is 0. The molecule has 0 aliphatic heterocycles. The minimum Gasteiger partial charge on any atom is -0.480 e. The molecule has 6 nitrogen and oxygen atoms in total. The Balaban J connectivity index is 3.87. The SMILES string of the molecule is CCCCCCCCCCNC(CNC(C(=O)O)C(C)O)C(C)O. The molecule has 0 aromatic heterocycles. The first-order valence-corrected chi connectivity index (χ1v) is 9.45. The number of nitrogens with one attached hydrogen (secondary N) is 2. The Morgan fingerprint density at radius 3 is 1.88 bits per heavy atom. The number of aliphatic carboxylic acids is 1. The molecule has 24 heavy (non-hydrogen) atoms. The molecule has 0 aromatic carbocycles. The summed E-state index contributed by atoms with van der Waals surface area (Å²) in [6.45, 7) is 6.45. The van der Waals surface area contributed by atoms with Crippen LogP contribution in [0.15, 0.2) is 0 Å². The highest BCUT2D eigenvalue weighted by Crippen LogP contribution is 2.08. The van der Waals surface area contributed by atoms with Crippen molar-refractivity contribution in [1.29, 1.82) is 0 Å². The minimum atomic E-state index is -1.09. The Morgan fingerprint density at radius 2 is 1.42 bits per heavy atom. The van der Waals surface area contributed by atoms with Crippen LogP contribution in [0.2, 0.25) is 0 Å². The maximum Gasteiger partial charge on any atom is 0.323 e. The molecule has 4 atom stereocenters. The van der Waals surface area contributed by atoms with E-state index in [1.54, 1.807) is 6.92 Å². The summed E-state index contributed by atoms with van der Waals surface area (Å²) in [4.78, 5) is 11.0. The van der Waals surface area contributed by atoms with Gasteiger partial charge in [0, 0.05) is 12.6 Å². The van der Waals surface area contributed by atoms with Gasteiger partial charge in [0.05, 0.1) is 12.2 Å². The molecular formula is C18H38N2O4. The van der Waals surface area contributed by atoms with Gasteiger partial charge in [0.25, 0.3) is 0 Å². The van der Waals surface area contributed by atoms with Crippen LogP contribution in [-0.4, -0.2) is 58.7 Å². The van der Waals surface area contributed by atoms with Gasteiger partial charge in [-0.2, -0.15) is 0 Å². The number of carboxylic acids is 1. The number of aliphatic hydroxyl groups excluding tert-OH is 2. The number of hydrogen-bond donors (Lipinski definition) is 5. The molecule has 0 saturated heterocycles. The summed E-state index contributed by atoms with van der Waals surface area (Å²) in [5.74, 6) is -1.09. The first kappa shape index (κ1) is 23.3. The normalized spacial score (nSPS) is 16.5. The average molecular weight is 347 g/mol. The smallest absolute Gasteiger partial charge is 0.323 e. The van der Waals surface area contributed by atoms with E-state index in [4.69, 9.17) is 5.11 Å². The molecule has 6 heteroatoms. The van der Waals surface area contributed by atoms with E-state index in [-0.39, 0.29) is 6.04 Å². The van der Waals surface area contributed by atoms with Gasteiger partial charge in [0.1, 0.15) is 6.04 Å². The fourth-order valence-corrected chi connectivity index (χ4v) is 2.68. The second-order valence-corrected chi connectivity index (χ2v) is 6.74. The summed E-state index contributed by atoms with van der Waals surface area (Å²) in [6, 6.07) is -1.24. The maximum absolute atomic E-state index is 11.0. The second-order valence-electron chi connectivity index (χ2n) is 6.74. The van der Waals surface area contributed by atoms with Crippen LogP contribution >= 0.6 is 0 Å². The van der Waals surface area contributed by atoms with Crippen molar-refractivity contribution >= 4 is 5.97 Å². The molecule has 144 valence electrons. The number of aliphatic hydroxyl groups is 2. The number of carboxylic acid groups (broad SMARTS) is 1. The molecule has 0 aromatic rings. The summed E-state index contributed by atoms with van der Waals surface area (Å²) in [6.07, 6.45) is 8.43. The van der Waals surface area contributed by atoms with Crippen molar-refractivity contribution in [2.75, 3.05) is 13.1 Å². The van der Waals surface area contributed by atoms with E-state index in [2.05, 4.69) is 17.6 Å². The highest BCUT2D eigenvalue weighted by Gasteiger charge is 2.24. The van der Waals surface area contributed by atoms with Crippen molar-refractivity contribution in [2.45, 2.75) is 96.4 Å². The van der Waals surface area contributed by atoms with Gasteiger partial charge in [-0.15, -0.1) is 0 Å². The Kier molecular flexibility index (Phi) is 14.2. The molecule has 4 unspecified atom stereocenters. The van der Waals surface area contributed by atoms with Crippen molar-refractivity contribution in [1.82, 2.24) is 10.6 Å². The van der Waals surface area contributed by atoms with Gasteiger partial charge >= 0.3 is 5.97 Å². The predicted octanol–water partition coefficient (Wildman–Crippen LogP) is 1.89. The zero-order valence-corrected chi connectivity index (χ0v) is 15.6. The zero-order chi connectivity index (χ0) is 18.4. The van der Waals surface area contributed by atoms with Gasteiger partial charge in [-0.3, -0.25) is 4.79 Å². The van der Waals surface area contributed by atoms with Crippen LogP contribution in [0.1, 0.15) is 72.1 Å². The Hall–Kier alpha value is -0.690. The summed E-state index contributed by atoms with van der Waals surface area (Å²) in [7, 11) is 0. The van der Waals surface area contributed by atoms with Crippen molar-refractivity contribution in [3.63, 3.8) is 0 Å². The highest BCUT2D eigenvalue weighted by molar-refractivity contribution is 5.74. The van der Waals surface area contributed by atoms with Gasteiger partial charge in [0.2, 0.25) is 0 Å². The van der Waals surface area contributed by atoms with E-state index in [9.17, 15) is 15.0 Å². The number of carbonyl (C=O) groups is 1. The van der Waals surface area contributed by atoms with Crippen LogP contribution in [0.4, 0.5) is 0 Å². The zero-order valence-electron chi connectivity index (χ0n) is 15.6. The van der Waals surface area contributed by atoms with E-state index < -0.39 is 24.2 Å². The van der Waals surface area contributed by atoms with Gasteiger partial charge < -0.3 is 26.0 Å². The van der Waals surface area contributed by atoms with Crippen LogP contribution in [0, 0.1) is 0 Å². The monoisotopic (exact) mass is 346 g/mol. The average Bonchev–Trinajstić information content (AvgIpc) is 2.50. The summed E-state index contributed by atoms with van der Waals surface area (Å²) < 4.78 is 0. The number of hydrogen-bond acceptors (Lipinski definition) is 5. The molecule has 0 aliphatic carbocycles. The van der Waals surface area contributed by atoms with Gasteiger partial charge in [-0.05, 0) is 26.8 Å². The lowest BCUT2D eigenvalue weighted by molar-refractivity contribution is -0.142. The summed E-state index contributed by atoms with van der Waals surface area (Å²) in [5.41, 5.74) is 0. The third-order valence-electron chi connectivity index (χ3n) is 4.33. The molecule has 0 heterocycles. The lowest BCUT2D eigenvalue weighted by Crippen LogP contribution is -2.53. The first-order valence-electron chi connectivity index (χ1n) is 9.45. The Bertz CT molecular complexity index is 311. The second kappa shape index (κ2) is 14.6. The molecule has 0 rings (SSSR count). The molecule has 0 radical (unpaired) electrons. The van der Waals surface area contributed by atoms with Gasteiger partial charge in [-0.1, -0.05) is 51.9 Å². The molecule has 0 bridgehead atoms. The van der Waals surface area contributed by atoms with Crippen molar-refractivity contribution < 1.29 is 20.1 Å². The predicted molar refractivity (Wildman–Crippen MR) is 97.2 cm³/mol. The fraction of sp³-hybridized carbons (Fsp3) is 0.944. The molecule has 0 saturated carbocycles. The highest BCUT2D eigenvalue weighted by atomic mass is 16.4. The third-order valence-corrected chi connectivity index (χ3v) is 4.33. The van der Waals surface area contributed by atoms with Crippen LogP contribution in [0.5, 0.6) is 0 Å². The van der Waals surface area contributed by atoms with Crippen molar-refractivity contribution in [2.24, 2.45) is 0 Å². The van der Waals surface area contributed by atoms with E-state index in [1.807, 2.05) is 0 Å². The largest absolute Gasteiger partial charge is 0.480 e. The molecule has 0 spiro atoms. The van der Waals surface area contributed by atoms with E-state index >= 15 is 0 Å². The maximum atomic E-state index is 11.0. The Morgan fingerprint density at radius 1 is 0.875 bits per heavy atom. The molecule has 0 fully saturated rings. The van der Waals surface area contributed by atoms with Crippen LogP contribution in [0.3, 0.4) is 0 Å². The topological polar surface area (TPSA) is 102 Å². The molecular weight excluding hydrogens is 308 g/mol. The standard InChI is InChI=1S/C18H38N2O4/c1-4-5-6-7-8-9-10-11-12-19-16(14(2)21)13-20-17(15(3)22)18(23)24/h14-17,19-22H,4-13H2,1-3H3,(H,23,24). The van der Waals surface area contributed by atoms with Gasteiger partial charge in [-0.25, -0.2) is 0 Å². The minimum absolute atomic E-state index is 0.227. The molecule has 5 N–H and O–H groups in total. The van der Waals surface area contributed by atoms with Crippen LogP contribution < -0.4 is 10.6 Å². The van der Waals surface area contributed by atoms with Crippen molar-refractivity contribution in [3.05, 3.63) is 0 Å². The van der Waals surface area contributed by atoms with E-state index in [0.29, 0.717) is 6.54 Å². The molecule has 0 aliphatic rings. The first-order chi connectivity index (χ1) is 11.4. The van der Waals surface area contributed by atoms with Crippen LogP contribution in [-0.2, 0) is 4.79 Å². The lowest BCUT2D eigenvalue weighted by atomic mass is 10.1. The van der Waals surface area contributed by atoms with E-state index in [0.717, 1.165) is 13.0 Å². The number of unbranched alkanes of at least 4 members (excludes halogenated alkanes) is 7. The van der Waals surface area contributed by atoms with Crippen LogP contribution in [0.25, 0.3) is 0 Å². The third kappa shape index (κ3) is 11.8. The number of rotatable bonds is 16. The Labute approximate surface area is 147 Å². The fourth-order valence-electron chi connectivity index (χ4n) is 2.68. The van der Waals surface area contributed by atoms with Crippen molar-refractivity contribution in [3.8, 4) is 0 Å². The quantitative estimate of drug-likeness (QED) is 0.274. The lowest BCUT2D eigenvalue weighted by Gasteiger charge is -2.25. The van der Waals surface area contributed by atoms with E-state index in [1.165, 1.54) is 51.9 Å². The molecule has 0 amide bonds. The summed E-state index contributed by atoms with van der Waals surface area (Å²) in [5, 5.41) is 34.4. The van der Waals surface area contributed by atoms with Gasteiger partial charge in [0.15, 0.2) is 0 Å².